The molecule has 28 heavy (non-hydrogen) atoms. The lowest BCUT2D eigenvalue weighted by Crippen LogP contribution is -2.31. The van der Waals surface area contributed by atoms with E-state index in [9.17, 15) is 9.59 Å². The molecular weight excluding hydrogens is 358 g/mol. The number of hydrogen-bond acceptors (Lipinski definition) is 5. The van der Waals surface area contributed by atoms with Gasteiger partial charge < -0.3 is 19.5 Å². The van der Waals surface area contributed by atoms with Gasteiger partial charge in [0.2, 0.25) is 6.79 Å². The highest BCUT2D eigenvalue weighted by atomic mass is 16.7. The van der Waals surface area contributed by atoms with Crippen LogP contribution in [0.5, 0.6) is 11.5 Å². The summed E-state index contributed by atoms with van der Waals surface area (Å²) >= 11 is 0. The summed E-state index contributed by atoms with van der Waals surface area (Å²) in [5, 5.41) is 2.81. The van der Waals surface area contributed by atoms with Gasteiger partial charge in [-0.05, 0) is 47.7 Å². The number of hydrogen-bond donors (Lipinski definition) is 1. The predicted octanol–water partition coefficient (Wildman–Crippen LogP) is 3.75. The van der Waals surface area contributed by atoms with E-state index in [4.69, 9.17) is 14.2 Å². The molecular formula is C22H25NO5. The molecule has 1 amide bonds. The van der Waals surface area contributed by atoms with Crippen LogP contribution in [0.15, 0.2) is 42.5 Å². The van der Waals surface area contributed by atoms with Crippen molar-refractivity contribution in [2.45, 2.75) is 39.2 Å². The molecule has 148 valence electrons. The van der Waals surface area contributed by atoms with Crippen molar-refractivity contribution in [2.24, 2.45) is 0 Å². The van der Waals surface area contributed by atoms with Crippen LogP contribution in [-0.4, -0.2) is 25.3 Å². The predicted molar refractivity (Wildman–Crippen MR) is 105 cm³/mol. The molecule has 1 N–H and O–H groups in total. The van der Waals surface area contributed by atoms with Gasteiger partial charge in [-0.15, -0.1) is 0 Å². The number of fused-ring (bicyclic) bond motifs is 1. The third-order valence-electron chi connectivity index (χ3n) is 4.60. The van der Waals surface area contributed by atoms with Gasteiger partial charge in [-0.1, -0.05) is 39.0 Å². The van der Waals surface area contributed by atoms with Crippen LogP contribution in [0.2, 0.25) is 0 Å². The minimum atomic E-state index is -0.522. The van der Waals surface area contributed by atoms with Gasteiger partial charge in [0.15, 0.2) is 18.1 Å². The molecule has 0 bridgehead atoms. The molecule has 0 fully saturated rings. The van der Waals surface area contributed by atoms with Gasteiger partial charge in [0, 0.05) is 0 Å². The van der Waals surface area contributed by atoms with Crippen molar-refractivity contribution in [3.05, 3.63) is 59.2 Å². The van der Waals surface area contributed by atoms with Crippen LogP contribution in [-0.2, 0) is 14.9 Å². The Morgan fingerprint density at radius 1 is 1.07 bits per heavy atom. The lowest BCUT2D eigenvalue weighted by atomic mass is 9.87. The molecule has 0 saturated carbocycles. The van der Waals surface area contributed by atoms with Crippen molar-refractivity contribution in [2.75, 3.05) is 13.4 Å². The molecule has 1 atom stereocenters. The number of nitrogens with one attached hydrogen (secondary N) is 1. The third kappa shape index (κ3) is 4.63. The van der Waals surface area contributed by atoms with Crippen molar-refractivity contribution >= 4 is 11.9 Å². The Labute approximate surface area is 164 Å². The molecule has 6 heteroatoms. The number of carbonyl (C=O) groups excluding carboxylic acids is 2. The van der Waals surface area contributed by atoms with Gasteiger partial charge in [0.05, 0.1) is 11.6 Å². The van der Waals surface area contributed by atoms with E-state index in [1.807, 2.05) is 37.3 Å². The fraction of sp³-hybridized carbons (Fsp3) is 0.364. The Balaban J connectivity index is 1.51. The summed E-state index contributed by atoms with van der Waals surface area (Å²) in [7, 11) is 0. The minimum Gasteiger partial charge on any atom is -0.454 e. The molecule has 2 aromatic carbocycles. The Kier molecular flexibility index (Phi) is 5.58. The first-order valence-corrected chi connectivity index (χ1v) is 9.20. The first-order valence-electron chi connectivity index (χ1n) is 9.20. The van der Waals surface area contributed by atoms with E-state index in [2.05, 4.69) is 26.1 Å². The normalized spacial score (nSPS) is 13.7. The molecule has 3 rings (SSSR count). The van der Waals surface area contributed by atoms with E-state index in [1.165, 1.54) is 0 Å². The Morgan fingerprint density at radius 3 is 2.43 bits per heavy atom. The van der Waals surface area contributed by atoms with Gasteiger partial charge in [0.1, 0.15) is 0 Å². The topological polar surface area (TPSA) is 73.9 Å². The molecule has 1 heterocycles. The first-order chi connectivity index (χ1) is 13.2. The molecule has 0 saturated heterocycles. The van der Waals surface area contributed by atoms with Crippen LogP contribution in [0, 0.1) is 0 Å². The van der Waals surface area contributed by atoms with Crippen molar-refractivity contribution in [1.82, 2.24) is 5.32 Å². The lowest BCUT2D eigenvalue weighted by molar-refractivity contribution is -0.124. The molecule has 0 aliphatic carbocycles. The maximum atomic E-state index is 12.2. The molecule has 0 aromatic heterocycles. The molecule has 2 aromatic rings. The van der Waals surface area contributed by atoms with E-state index in [-0.39, 0.29) is 30.8 Å². The number of benzene rings is 2. The summed E-state index contributed by atoms with van der Waals surface area (Å²) in [5.74, 6) is 0.452. The van der Waals surface area contributed by atoms with Crippen LogP contribution in [0.1, 0.15) is 55.2 Å². The molecule has 1 aliphatic rings. The van der Waals surface area contributed by atoms with Gasteiger partial charge in [-0.3, -0.25) is 4.79 Å². The summed E-state index contributed by atoms with van der Waals surface area (Å²) in [6, 6.07) is 12.5. The number of carbonyl (C=O) groups is 2. The van der Waals surface area contributed by atoms with Crippen molar-refractivity contribution in [3.8, 4) is 11.5 Å². The van der Waals surface area contributed by atoms with E-state index in [0.717, 1.165) is 11.1 Å². The van der Waals surface area contributed by atoms with E-state index in [1.54, 1.807) is 12.1 Å². The third-order valence-corrected chi connectivity index (χ3v) is 4.60. The van der Waals surface area contributed by atoms with Gasteiger partial charge in [-0.2, -0.15) is 0 Å². The SMILES string of the molecule is C[C@@H](NC(=O)COC(=O)c1ccc(C(C)(C)C)cc1)c1ccc2c(c1)OCO2. The summed E-state index contributed by atoms with van der Waals surface area (Å²) in [6.07, 6.45) is 0. The average Bonchev–Trinajstić information content (AvgIpc) is 3.13. The monoisotopic (exact) mass is 383 g/mol. The zero-order chi connectivity index (χ0) is 20.3. The highest BCUT2D eigenvalue weighted by molar-refractivity contribution is 5.91. The van der Waals surface area contributed by atoms with E-state index < -0.39 is 5.97 Å². The lowest BCUT2D eigenvalue weighted by Gasteiger charge is -2.19. The zero-order valence-electron chi connectivity index (χ0n) is 16.6. The quantitative estimate of drug-likeness (QED) is 0.796. The van der Waals surface area contributed by atoms with Crippen molar-refractivity contribution < 1.29 is 23.8 Å². The molecule has 0 spiro atoms. The Hall–Kier alpha value is -3.02. The second-order valence-electron chi connectivity index (χ2n) is 7.81. The molecule has 1 aliphatic heterocycles. The van der Waals surface area contributed by atoms with Gasteiger partial charge >= 0.3 is 5.97 Å². The average molecular weight is 383 g/mol. The molecule has 6 nitrogen and oxygen atoms in total. The number of rotatable bonds is 5. The Bertz CT molecular complexity index is 867. The highest BCUT2D eigenvalue weighted by Gasteiger charge is 2.18. The van der Waals surface area contributed by atoms with E-state index in [0.29, 0.717) is 17.1 Å². The largest absolute Gasteiger partial charge is 0.454 e. The fourth-order valence-electron chi connectivity index (χ4n) is 2.87. The molecule has 0 unspecified atom stereocenters. The summed E-state index contributed by atoms with van der Waals surface area (Å²) < 4.78 is 15.8. The van der Waals surface area contributed by atoms with Gasteiger partial charge in [0.25, 0.3) is 5.91 Å². The standard InChI is InChI=1S/C22H25NO5/c1-14(16-7-10-18-19(11-16)28-13-27-18)23-20(24)12-26-21(25)15-5-8-17(9-6-15)22(2,3)4/h5-11,14H,12-13H2,1-4H3,(H,23,24)/t14-/m1/s1. The van der Waals surface area contributed by atoms with E-state index >= 15 is 0 Å². The Morgan fingerprint density at radius 2 is 1.75 bits per heavy atom. The summed E-state index contributed by atoms with van der Waals surface area (Å²) in [5.41, 5.74) is 2.43. The zero-order valence-corrected chi connectivity index (χ0v) is 16.6. The number of amides is 1. The van der Waals surface area contributed by atoms with Crippen molar-refractivity contribution in [1.29, 1.82) is 0 Å². The van der Waals surface area contributed by atoms with Gasteiger partial charge in [-0.25, -0.2) is 4.79 Å². The smallest absolute Gasteiger partial charge is 0.338 e. The van der Waals surface area contributed by atoms with Crippen LogP contribution < -0.4 is 14.8 Å². The summed E-state index contributed by atoms with van der Waals surface area (Å²) in [4.78, 5) is 24.3. The fourth-order valence-corrected chi connectivity index (χ4v) is 2.87. The highest BCUT2D eigenvalue weighted by Crippen LogP contribution is 2.34. The van der Waals surface area contributed by atoms with Crippen molar-refractivity contribution in [3.63, 3.8) is 0 Å². The van der Waals surface area contributed by atoms with Crippen LogP contribution in [0.3, 0.4) is 0 Å². The number of ether oxygens (including phenoxy) is 3. The maximum Gasteiger partial charge on any atom is 0.338 e. The van der Waals surface area contributed by atoms with Crippen LogP contribution >= 0.6 is 0 Å². The first kappa shape index (κ1) is 19.7. The van der Waals surface area contributed by atoms with Crippen LogP contribution in [0.4, 0.5) is 0 Å². The van der Waals surface area contributed by atoms with Crippen LogP contribution in [0.25, 0.3) is 0 Å². The minimum absolute atomic E-state index is 0.00712. The second kappa shape index (κ2) is 7.92. The second-order valence-corrected chi connectivity index (χ2v) is 7.81. The maximum absolute atomic E-state index is 12.2. The molecule has 0 radical (unpaired) electrons. The summed E-state index contributed by atoms with van der Waals surface area (Å²) in [6.45, 7) is 8.02. The number of esters is 1.